The Morgan fingerprint density at radius 2 is 1.54 bits per heavy atom. The van der Waals surface area contributed by atoms with Gasteiger partial charge >= 0.3 is 0 Å². The Labute approximate surface area is 157 Å². The monoisotopic (exact) mass is 354 g/mol. The molecule has 0 spiro atoms. The van der Waals surface area contributed by atoms with Crippen LogP contribution >= 0.6 is 0 Å². The molecule has 0 aliphatic carbocycles. The molecule has 0 radical (unpaired) electrons. The first-order valence-corrected chi connectivity index (χ1v) is 9.16. The molecular formula is C22H30N2O2. The fourth-order valence-electron chi connectivity index (χ4n) is 2.91. The van der Waals surface area contributed by atoms with E-state index in [0.717, 1.165) is 25.3 Å². The molecule has 0 aliphatic heterocycles. The fourth-order valence-corrected chi connectivity index (χ4v) is 2.91. The van der Waals surface area contributed by atoms with Crippen molar-refractivity contribution in [2.24, 2.45) is 0 Å². The van der Waals surface area contributed by atoms with Gasteiger partial charge in [-0.2, -0.15) is 0 Å². The van der Waals surface area contributed by atoms with Gasteiger partial charge in [0.15, 0.2) is 0 Å². The summed E-state index contributed by atoms with van der Waals surface area (Å²) in [5.74, 6) is 1.02. The van der Waals surface area contributed by atoms with Gasteiger partial charge in [0, 0.05) is 19.6 Å². The van der Waals surface area contributed by atoms with Gasteiger partial charge in [0.25, 0.3) is 0 Å². The van der Waals surface area contributed by atoms with Crippen LogP contribution in [0.3, 0.4) is 0 Å². The van der Waals surface area contributed by atoms with E-state index in [-0.39, 0.29) is 5.91 Å². The number of ether oxygens (including phenoxy) is 1. The number of nitrogens with zero attached hydrogens (tertiary/aromatic N) is 2. The molecule has 4 nitrogen and oxygen atoms in total. The molecule has 0 saturated heterocycles. The highest BCUT2D eigenvalue weighted by Crippen LogP contribution is 2.13. The van der Waals surface area contributed by atoms with Gasteiger partial charge in [-0.3, -0.25) is 9.69 Å². The second-order valence-corrected chi connectivity index (χ2v) is 6.82. The summed E-state index contributed by atoms with van der Waals surface area (Å²) in [6.45, 7) is 6.79. The van der Waals surface area contributed by atoms with E-state index < -0.39 is 0 Å². The number of benzene rings is 2. The molecule has 0 aromatic heterocycles. The number of methoxy groups -OCH3 is 1. The smallest absolute Gasteiger partial charge is 0.237 e. The SMILES string of the molecule is CCCN(Cc1ccc(C)cc1)C(=O)CN(C)Cc1ccc(OC)cc1. The highest BCUT2D eigenvalue weighted by Gasteiger charge is 2.15. The van der Waals surface area contributed by atoms with Crippen molar-refractivity contribution in [3.05, 3.63) is 65.2 Å². The third kappa shape index (κ3) is 6.19. The van der Waals surface area contributed by atoms with Gasteiger partial charge in [0.05, 0.1) is 13.7 Å². The molecule has 0 bridgehead atoms. The van der Waals surface area contributed by atoms with Gasteiger partial charge in [-0.15, -0.1) is 0 Å². The minimum atomic E-state index is 0.170. The second-order valence-electron chi connectivity index (χ2n) is 6.82. The van der Waals surface area contributed by atoms with Gasteiger partial charge in [-0.05, 0) is 43.7 Å². The summed E-state index contributed by atoms with van der Waals surface area (Å²) >= 11 is 0. The van der Waals surface area contributed by atoms with Crippen molar-refractivity contribution >= 4 is 5.91 Å². The maximum Gasteiger partial charge on any atom is 0.237 e. The molecule has 2 aromatic rings. The number of amides is 1. The van der Waals surface area contributed by atoms with E-state index in [1.54, 1.807) is 7.11 Å². The van der Waals surface area contributed by atoms with Crippen molar-refractivity contribution in [3.63, 3.8) is 0 Å². The molecule has 1 amide bonds. The lowest BCUT2D eigenvalue weighted by molar-refractivity contribution is -0.132. The summed E-state index contributed by atoms with van der Waals surface area (Å²) < 4.78 is 5.19. The van der Waals surface area contributed by atoms with Crippen LogP contribution in [-0.4, -0.2) is 43.0 Å². The number of hydrogen-bond acceptors (Lipinski definition) is 3. The van der Waals surface area contributed by atoms with Crippen molar-refractivity contribution < 1.29 is 9.53 Å². The van der Waals surface area contributed by atoms with Crippen LogP contribution in [0.25, 0.3) is 0 Å². The highest BCUT2D eigenvalue weighted by molar-refractivity contribution is 5.78. The van der Waals surface area contributed by atoms with Gasteiger partial charge in [0.1, 0.15) is 5.75 Å². The third-order valence-corrected chi connectivity index (χ3v) is 4.36. The van der Waals surface area contributed by atoms with Gasteiger partial charge < -0.3 is 9.64 Å². The van der Waals surface area contributed by atoms with E-state index in [1.807, 2.05) is 36.2 Å². The van der Waals surface area contributed by atoms with Gasteiger partial charge in [-0.25, -0.2) is 0 Å². The maximum absolute atomic E-state index is 12.8. The first-order chi connectivity index (χ1) is 12.5. The Morgan fingerprint density at radius 1 is 0.962 bits per heavy atom. The van der Waals surface area contributed by atoms with Gasteiger partial charge in [-0.1, -0.05) is 48.9 Å². The zero-order valence-corrected chi connectivity index (χ0v) is 16.4. The van der Waals surface area contributed by atoms with E-state index in [2.05, 4.69) is 43.0 Å². The second kappa shape index (κ2) is 9.97. The van der Waals surface area contributed by atoms with Crippen LogP contribution in [0.4, 0.5) is 0 Å². The fraction of sp³-hybridized carbons (Fsp3) is 0.409. The number of aryl methyl sites for hydroxylation is 1. The molecule has 0 atom stereocenters. The molecule has 0 saturated carbocycles. The molecule has 0 heterocycles. The summed E-state index contributed by atoms with van der Waals surface area (Å²) in [6, 6.07) is 16.4. The molecule has 2 aromatic carbocycles. The molecule has 0 fully saturated rings. The first kappa shape index (κ1) is 20.0. The van der Waals surface area contributed by atoms with Crippen molar-refractivity contribution in [2.75, 3.05) is 27.2 Å². The normalized spacial score (nSPS) is 10.8. The van der Waals surface area contributed by atoms with Crippen molar-refractivity contribution in [1.29, 1.82) is 0 Å². The van der Waals surface area contributed by atoms with Crippen LogP contribution in [0.5, 0.6) is 5.75 Å². The molecule has 0 unspecified atom stereocenters. The van der Waals surface area contributed by atoms with Crippen LogP contribution in [0, 0.1) is 6.92 Å². The lowest BCUT2D eigenvalue weighted by Gasteiger charge is -2.25. The van der Waals surface area contributed by atoms with Crippen LogP contribution in [0.1, 0.15) is 30.0 Å². The largest absolute Gasteiger partial charge is 0.497 e. The summed E-state index contributed by atoms with van der Waals surface area (Å²) in [5.41, 5.74) is 3.58. The number of hydrogen-bond donors (Lipinski definition) is 0. The zero-order chi connectivity index (χ0) is 18.9. The summed E-state index contributed by atoms with van der Waals surface area (Å²) in [7, 11) is 3.65. The average molecular weight is 354 g/mol. The standard InChI is InChI=1S/C22H30N2O2/c1-5-14-24(16-20-8-6-18(2)7-9-20)22(25)17-23(3)15-19-10-12-21(26-4)13-11-19/h6-13H,5,14-17H2,1-4H3. The zero-order valence-electron chi connectivity index (χ0n) is 16.4. The average Bonchev–Trinajstić information content (AvgIpc) is 2.63. The molecule has 140 valence electrons. The molecular weight excluding hydrogens is 324 g/mol. The summed E-state index contributed by atoms with van der Waals surface area (Å²) in [4.78, 5) is 16.8. The molecule has 0 aliphatic rings. The number of rotatable bonds is 9. The van der Waals surface area contributed by atoms with E-state index in [0.29, 0.717) is 13.1 Å². The Bertz CT molecular complexity index is 680. The van der Waals surface area contributed by atoms with Crippen molar-refractivity contribution in [2.45, 2.75) is 33.4 Å². The Balaban J connectivity index is 1.93. The van der Waals surface area contributed by atoms with Crippen molar-refractivity contribution in [1.82, 2.24) is 9.80 Å². The first-order valence-electron chi connectivity index (χ1n) is 9.16. The lowest BCUT2D eigenvalue weighted by atomic mass is 10.1. The molecule has 26 heavy (non-hydrogen) atoms. The molecule has 0 N–H and O–H groups in total. The highest BCUT2D eigenvalue weighted by atomic mass is 16.5. The topological polar surface area (TPSA) is 32.8 Å². The minimum Gasteiger partial charge on any atom is -0.497 e. The van der Waals surface area contributed by atoms with E-state index in [9.17, 15) is 4.79 Å². The van der Waals surface area contributed by atoms with Crippen LogP contribution in [0.2, 0.25) is 0 Å². The minimum absolute atomic E-state index is 0.170. The quantitative estimate of drug-likeness (QED) is 0.685. The van der Waals surface area contributed by atoms with E-state index in [1.165, 1.54) is 16.7 Å². The summed E-state index contributed by atoms with van der Waals surface area (Å²) in [6.07, 6.45) is 0.958. The number of carbonyl (C=O) groups is 1. The predicted octanol–water partition coefficient (Wildman–Crippen LogP) is 3.87. The number of likely N-dealkylation sites (N-methyl/N-ethyl adjacent to an activating group) is 1. The molecule has 4 heteroatoms. The predicted molar refractivity (Wildman–Crippen MR) is 106 cm³/mol. The Kier molecular flexibility index (Phi) is 7.67. The van der Waals surface area contributed by atoms with Crippen molar-refractivity contribution in [3.8, 4) is 5.75 Å². The third-order valence-electron chi connectivity index (χ3n) is 4.36. The number of carbonyl (C=O) groups excluding carboxylic acids is 1. The van der Waals surface area contributed by atoms with Crippen LogP contribution < -0.4 is 4.74 Å². The lowest BCUT2D eigenvalue weighted by Crippen LogP contribution is -2.38. The van der Waals surface area contributed by atoms with Gasteiger partial charge in [0.2, 0.25) is 5.91 Å². The maximum atomic E-state index is 12.8. The van der Waals surface area contributed by atoms with Crippen LogP contribution in [0.15, 0.2) is 48.5 Å². The van der Waals surface area contributed by atoms with E-state index in [4.69, 9.17) is 4.74 Å². The van der Waals surface area contributed by atoms with E-state index >= 15 is 0 Å². The Morgan fingerprint density at radius 3 is 2.12 bits per heavy atom. The Hall–Kier alpha value is -2.33. The van der Waals surface area contributed by atoms with Crippen LogP contribution in [-0.2, 0) is 17.9 Å². The molecule has 2 rings (SSSR count). The summed E-state index contributed by atoms with van der Waals surface area (Å²) in [5, 5.41) is 0.